The van der Waals surface area contributed by atoms with E-state index in [1.165, 1.54) is 0 Å². The molecule has 0 aliphatic rings. The molecular weight excluding hydrogens is 295 g/mol. The van der Waals surface area contributed by atoms with Crippen molar-refractivity contribution in [1.29, 1.82) is 0 Å². The van der Waals surface area contributed by atoms with E-state index in [0.29, 0.717) is 11.8 Å². The Hall–Kier alpha value is -0.600. The van der Waals surface area contributed by atoms with Gasteiger partial charge in [-0.2, -0.15) is 0 Å². The molecule has 0 bridgehead atoms. The molecule has 20 heavy (non-hydrogen) atoms. The van der Waals surface area contributed by atoms with E-state index in [4.69, 9.17) is 23.2 Å². The van der Waals surface area contributed by atoms with Crippen LogP contribution in [0.25, 0.3) is 0 Å². The molecule has 1 aromatic carbocycles. The van der Waals surface area contributed by atoms with Gasteiger partial charge < -0.3 is 10.2 Å². The zero-order valence-corrected chi connectivity index (χ0v) is 14.1. The van der Waals surface area contributed by atoms with E-state index in [0.717, 1.165) is 24.0 Å². The molecule has 2 nitrogen and oxygen atoms in total. The summed E-state index contributed by atoms with van der Waals surface area (Å²) < 4.78 is 0. The largest absolute Gasteiger partial charge is 0.508 e. The lowest BCUT2D eigenvalue weighted by molar-refractivity contribution is 0.401. The summed E-state index contributed by atoms with van der Waals surface area (Å²) in [5, 5.41) is 20.6. The van der Waals surface area contributed by atoms with Crippen LogP contribution in [0.15, 0.2) is 12.1 Å². The standard InChI is InChI=1S/C16H24Cl2O2/c1-15(2,5-7-17)11-9-14(20)12(10-13(11)19)16(3,4)6-8-18/h9-10,19-20H,5-8H2,1-4H3. The van der Waals surface area contributed by atoms with Crippen molar-refractivity contribution in [2.24, 2.45) is 0 Å². The molecule has 0 aliphatic heterocycles. The van der Waals surface area contributed by atoms with Crippen molar-refractivity contribution >= 4 is 23.2 Å². The lowest BCUT2D eigenvalue weighted by Gasteiger charge is -2.29. The van der Waals surface area contributed by atoms with Crippen LogP contribution in [-0.4, -0.2) is 22.0 Å². The maximum Gasteiger partial charge on any atom is 0.119 e. The molecular formula is C16H24Cl2O2. The average molecular weight is 319 g/mol. The molecule has 1 aromatic rings. The van der Waals surface area contributed by atoms with Crippen molar-refractivity contribution in [3.8, 4) is 11.5 Å². The first-order chi connectivity index (χ1) is 9.15. The van der Waals surface area contributed by atoms with E-state index in [9.17, 15) is 10.2 Å². The Morgan fingerprint density at radius 1 is 0.800 bits per heavy atom. The smallest absolute Gasteiger partial charge is 0.119 e. The van der Waals surface area contributed by atoms with Crippen LogP contribution in [0, 0.1) is 0 Å². The molecule has 2 N–H and O–H groups in total. The van der Waals surface area contributed by atoms with Gasteiger partial charge in [-0.05, 0) is 35.8 Å². The Labute approximate surface area is 131 Å². The van der Waals surface area contributed by atoms with Gasteiger partial charge in [0.25, 0.3) is 0 Å². The third kappa shape index (κ3) is 3.73. The van der Waals surface area contributed by atoms with E-state index in [1.54, 1.807) is 12.1 Å². The molecule has 4 heteroatoms. The average Bonchev–Trinajstić information content (AvgIpc) is 2.31. The topological polar surface area (TPSA) is 40.5 Å². The van der Waals surface area contributed by atoms with E-state index >= 15 is 0 Å². The Bertz CT molecular complexity index is 424. The Morgan fingerprint density at radius 2 is 1.10 bits per heavy atom. The van der Waals surface area contributed by atoms with Crippen molar-refractivity contribution in [3.63, 3.8) is 0 Å². The zero-order valence-electron chi connectivity index (χ0n) is 12.6. The van der Waals surface area contributed by atoms with E-state index < -0.39 is 0 Å². The summed E-state index contributed by atoms with van der Waals surface area (Å²) in [6.07, 6.45) is 1.46. The highest BCUT2D eigenvalue weighted by Crippen LogP contribution is 2.42. The van der Waals surface area contributed by atoms with Crippen molar-refractivity contribution < 1.29 is 10.2 Å². The fourth-order valence-electron chi connectivity index (χ4n) is 2.40. The maximum absolute atomic E-state index is 10.3. The van der Waals surface area contributed by atoms with E-state index in [1.807, 2.05) is 27.7 Å². The molecule has 0 radical (unpaired) electrons. The van der Waals surface area contributed by atoms with Crippen molar-refractivity contribution in [2.75, 3.05) is 11.8 Å². The molecule has 0 heterocycles. The van der Waals surface area contributed by atoms with Gasteiger partial charge >= 0.3 is 0 Å². The quantitative estimate of drug-likeness (QED) is 0.578. The second-order valence-corrected chi connectivity index (χ2v) is 7.29. The molecule has 0 unspecified atom stereocenters. The number of phenols is 2. The summed E-state index contributed by atoms with van der Waals surface area (Å²) in [6, 6.07) is 3.32. The summed E-state index contributed by atoms with van der Waals surface area (Å²) in [7, 11) is 0. The first-order valence-corrected chi connectivity index (χ1v) is 7.91. The van der Waals surface area contributed by atoms with Gasteiger partial charge in [0.2, 0.25) is 0 Å². The van der Waals surface area contributed by atoms with Crippen molar-refractivity contribution in [3.05, 3.63) is 23.3 Å². The summed E-state index contributed by atoms with van der Waals surface area (Å²) in [5.74, 6) is 1.42. The van der Waals surface area contributed by atoms with Gasteiger partial charge in [0, 0.05) is 22.9 Å². The lowest BCUT2D eigenvalue weighted by Crippen LogP contribution is -2.21. The molecule has 1 rings (SSSR count). The molecule has 0 fully saturated rings. The number of hydrogen-bond acceptors (Lipinski definition) is 2. The van der Waals surface area contributed by atoms with Crippen LogP contribution in [0.5, 0.6) is 11.5 Å². The molecule has 0 aliphatic carbocycles. The Balaban J connectivity index is 3.28. The third-order valence-corrected chi connectivity index (χ3v) is 4.39. The minimum atomic E-state index is -0.279. The van der Waals surface area contributed by atoms with Crippen LogP contribution in [0.3, 0.4) is 0 Å². The molecule has 0 saturated heterocycles. The number of aromatic hydroxyl groups is 2. The molecule has 0 spiro atoms. The predicted octanol–water partition coefficient (Wildman–Crippen LogP) is 4.91. The number of alkyl halides is 2. The minimum absolute atomic E-state index is 0.204. The van der Waals surface area contributed by atoms with Gasteiger partial charge in [0.05, 0.1) is 0 Å². The van der Waals surface area contributed by atoms with Gasteiger partial charge in [0.15, 0.2) is 0 Å². The van der Waals surface area contributed by atoms with Gasteiger partial charge in [0.1, 0.15) is 11.5 Å². The second-order valence-electron chi connectivity index (χ2n) is 6.53. The van der Waals surface area contributed by atoms with Crippen LogP contribution in [-0.2, 0) is 10.8 Å². The minimum Gasteiger partial charge on any atom is -0.508 e. The third-order valence-electron chi connectivity index (χ3n) is 4.01. The number of benzene rings is 1. The SMILES string of the molecule is CC(C)(CCCl)c1cc(O)c(C(C)(C)CCCl)cc1O. The second kappa shape index (κ2) is 6.44. The molecule has 114 valence electrons. The number of phenolic OH excluding ortho intramolecular Hbond substituents is 2. The van der Waals surface area contributed by atoms with Crippen molar-refractivity contribution in [1.82, 2.24) is 0 Å². The Kier molecular flexibility index (Phi) is 5.62. The van der Waals surface area contributed by atoms with Gasteiger partial charge in [-0.1, -0.05) is 27.7 Å². The molecule has 0 aromatic heterocycles. The number of hydrogen-bond donors (Lipinski definition) is 2. The first-order valence-electron chi connectivity index (χ1n) is 6.84. The van der Waals surface area contributed by atoms with Gasteiger partial charge in [-0.25, -0.2) is 0 Å². The highest BCUT2D eigenvalue weighted by molar-refractivity contribution is 6.18. The summed E-state index contributed by atoms with van der Waals surface area (Å²) in [5.41, 5.74) is 0.888. The lowest BCUT2D eigenvalue weighted by atomic mass is 9.77. The number of halogens is 2. The highest BCUT2D eigenvalue weighted by Gasteiger charge is 2.29. The maximum atomic E-state index is 10.3. The summed E-state index contributed by atoms with van der Waals surface area (Å²) >= 11 is 11.6. The first kappa shape index (κ1) is 17.5. The molecule has 0 saturated carbocycles. The van der Waals surface area contributed by atoms with Crippen LogP contribution in [0.1, 0.15) is 51.7 Å². The van der Waals surface area contributed by atoms with Gasteiger partial charge in [-0.3, -0.25) is 0 Å². The summed E-state index contributed by atoms with van der Waals surface area (Å²) in [6.45, 7) is 8.03. The number of rotatable bonds is 6. The monoisotopic (exact) mass is 318 g/mol. The normalized spacial score (nSPS) is 12.7. The zero-order chi connectivity index (χ0) is 15.6. The van der Waals surface area contributed by atoms with Crippen LogP contribution in [0.2, 0.25) is 0 Å². The predicted molar refractivity (Wildman–Crippen MR) is 86.5 cm³/mol. The fourth-order valence-corrected chi connectivity index (χ4v) is 3.35. The molecule has 0 atom stereocenters. The Morgan fingerprint density at radius 3 is 1.35 bits per heavy atom. The van der Waals surface area contributed by atoms with Crippen LogP contribution >= 0.6 is 23.2 Å². The summed E-state index contributed by atoms with van der Waals surface area (Å²) in [4.78, 5) is 0. The van der Waals surface area contributed by atoms with Gasteiger partial charge in [-0.15, -0.1) is 23.2 Å². The molecule has 0 amide bonds. The highest BCUT2D eigenvalue weighted by atomic mass is 35.5. The van der Waals surface area contributed by atoms with Crippen LogP contribution < -0.4 is 0 Å². The fraction of sp³-hybridized carbons (Fsp3) is 0.625. The van der Waals surface area contributed by atoms with Crippen LogP contribution in [0.4, 0.5) is 0 Å². The van der Waals surface area contributed by atoms with Crippen molar-refractivity contribution in [2.45, 2.75) is 51.4 Å². The van der Waals surface area contributed by atoms with E-state index in [2.05, 4.69) is 0 Å². The van der Waals surface area contributed by atoms with E-state index in [-0.39, 0.29) is 22.3 Å².